The van der Waals surface area contributed by atoms with Crippen LogP contribution in [0, 0.1) is 11.7 Å². The van der Waals surface area contributed by atoms with Crippen LogP contribution in [-0.4, -0.2) is 16.9 Å². The van der Waals surface area contributed by atoms with Crippen molar-refractivity contribution in [3.8, 4) is 11.5 Å². The van der Waals surface area contributed by atoms with Gasteiger partial charge in [-0.2, -0.15) is 0 Å². The zero-order valence-electron chi connectivity index (χ0n) is 12.8. The van der Waals surface area contributed by atoms with Crippen LogP contribution in [0.15, 0.2) is 34.9 Å². The molecule has 5 nitrogen and oxygen atoms in total. The molecule has 1 aliphatic carbocycles. The summed E-state index contributed by atoms with van der Waals surface area (Å²) in [7, 11) is 0. The monoisotopic (exact) mass is 317 g/mol. The first-order chi connectivity index (χ1) is 11.1. The van der Waals surface area contributed by atoms with Gasteiger partial charge in [0.05, 0.1) is 11.6 Å². The van der Waals surface area contributed by atoms with Gasteiger partial charge in [-0.15, -0.1) is 0 Å². The average Bonchev–Trinajstić information content (AvgIpc) is 3.02. The van der Waals surface area contributed by atoms with Gasteiger partial charge in [0.1, 0.15) is 12.1 Å². The number of hydrogen-bond donors (Lipinski definition) is 2. The molecule has 0 bridgehead atoms. The predicted molar refractivity (Wildman–Crippen MR) is 83.7 cm³/mol. The van der Waals surface area contributed by atoms with E-state index in [1.54, 1.807) is 18.4 Å². The van der Waals surface area contributed by atoms with E-state index in [9.17, 15) is 9.18 Å². The number of primary amides is 1. The largest absolute Gasteiger partial charge is 0.444 e. The molecule has 1 saturated carbocycles. The number of carbonyl (C=O) groups is 1. The molecule has 1 aliphatic rings. The van der Waals surface area contributed by atoms with Gasteiger partial charge in [-0.25, -0.2) is 9.37 Å². The first-order valence-corrected chi connectivity index (χ1v) is 7.86. The fourth-order valence-electron chi connectivity index (χ4n) is 3.09. The molecule has 2 atom stereocenters. The fraction of sp³-hybridized carbons (Fsp3) is 0.412. The molecule has 3 rings (SSSR count). The molecular formula is C17H20FN3O2. The Morgan fingerprint density at radius 2 is 2.22 bits per heavy atom. The van der Waals surface area contributed by atoms with Crippen LogP contribution >= 0.6 is 0 Å². The lowest BCUT2D eigenvalue weighted by Crippen LogP contribution is -2.44. The maximum Gasteiger partial charge on any atom is 0.226 e. The lowest BCUT2D eigenvalue weighted by Gasteiger charge is -2.29. The van der Waals surface area contributed by atoms with Gasteiger partial charge in [0.15, 0.2) is 0 Å². The van der Waals surface area contributed by atoms with Gasteiger partial charge in [0, 0.05) is 18.2 Å². The van der Waals surface area contributed by atoms with E-state index in [4.69, 9.17) is 10.2 Å². The maximum atomic E-state index is 13.2. The standard InChI is InChI=1S/C17H20FN3O2/c18-12-5-3-4-11(8-12)17-21-13(10-23-17)9-20-15-7-2-1-6-14(15)16(19)22/h3-5,8,10,14-15,20H,1-2,6-7,9H2,(H2,19,22)/t14-,15+/m0/s1. The van der Waals surface area contributed by atoms with Gasteiger partial charge in [-0.05, 0) is 31.0 Å². The van der Waals surface area contributed by atoms with Crippen molar-refractivity contribution >= 4 is 5.91 Å². The minimum atomic E-state index is -0.327. The summed E-state index contributed by atoms with van der Waals surface area (Å²) >= 11 is 0. The van der Waals surface area contributed by atoms with E-state index in [0.29, 0.717) is 18.0 Å². The van der Waals surface area contributed by atoms with Crippen LogP contribution in [0.25, 0.3) is 11.5 Å². The molecule has 1 heterocycles. The van der Waals surface area contributed by atoms with E-state index in [2.05, 4.69) is 10.3 Å². The first-order valence-electron chi connectivity index (χ1n) is 7.86. The van der Waals surface area contributed by atoms with Gasteiger partial charge in [0.2, 0.25) is 11.8 Å². The summed E-state index contributed by atoms with van der Waals surface area (Å²) in [5.41, 5.74) is 6.79. The summed E-state index contributed by atoms with van der Waals surface area (Å²) in [6.45, 7) is 0.493. The van der Waals surface area contributed by atoms with Crippen molar-refractivity contribution in [3.05, 3.63) is 42.0 Å². The van der Waals surface area contributed by atoms with Gasteiger partial charge < -0.3 is 15.5 Å². The Labute approximate surface area is 134 Å². The zero-order chi connectivity index (χ0) is 16.2. The highest BCUT2D eigenvalue weighted by Gasteiger charge is 2.29. The number of aromatic nitrogens is 1. The number of amides is 1. The van der Waals surface area contributed by atoms with E-state index in [-0.39, 0.29) is 23.7 Å². The number of hydrogen-bond acceptors (Lipinski definition) is 4. The van der Waals surface area contributed by atoms with Crippen LogP contribution in [0.2, 0.25) is 0 Å². The Hall–Kier alpha value is -2.21. The lowest BCUT2D eigenvalue weighted by atomic mass is 9.84. The number of benzene rings is 1. The van der Waals surface area contributed by atoms with Crippen molar-refractivity contribution in [3.63, 3.8) is 0 Å². The maximum absolute atomic E-state index is 13.2. The average molecular weight is 317 g/mol. The van der Waals surface area contributed by atoms with Crippen molar-refractivity contribution in [2.75, 3.05) is 0 Å². The summed E-state index contributed by atoms with van der Waals surface area (Å²) in [6.07, 6.45) is 5.45. The van der Waals surface area contributed by atoms with Crippen molar-refractivity contribution in [2.24, 2.45) is 11.7 Å². The van der Waals surface area contributed by atoms with Crippen molar-refractivity contribution in [2.45, 2.75) is 38.3 Å². The van der Waals surface area contributed by atoms with E-state index < -0.39 is 0 Å². The third-order valence-electron chi connectivity index (χ3n) is 4.30. The molecule has 0 aliphatic heterocycles. The van der Waals surface area contributed by atoms with Crippen LogP contribution in [0.4, 0.5) is 4.39 Å². The topological polar surface area (TPSA) is 81.2 Å². The second-order valence-electron chi connectivity index (χ2n) is 5.94. The number of nitrogens with one attached hydrogen (secondary N) is 1. The Kier molecular flexibility index (Phi) is 4.71. The second kappa shape index (κ2) is 6.91. The minimum Gasteiger partial charge on any atom is -0.444 e. The van der Waals surface area contributed by atoms with E-state index in [1.165, 1.54) is 12.1 Å². The van der Waals surface area contributed by atoms with Gasteiger partial charge in [0.25, 0.3) is 0 Å². The predicted octanol–water partition coefficient (Wildman–Crippen LogP) is 2.61. The number of carbonyl (C=O) groups excluding carboxylic acids is 1. The summed E-state index contributed by atoms with van der Waals surface area (Å²) < 4.78 is 18.7. The van der Waals surface area contributed by atoms with Gasteiger partial charge in [-0.3, -0.25) is 4.79 Å². The zero-order valence-corrected chi connectivity index (χ0v) is 12.8. The molecule has 0 saturated heterocycles. The highest BCUT2D eigenvalue weighted by molar-refractivity contribution is 5.77. The minimum absolute atomic E-state index is 0.0792. The van der Waals surface area contributed by atoms with E-state index >= 15 is 0 Å². The smallest absolute Gasteiger partial charge is 0.226 e. The molecule has 0 radical (unpaired) electrons. The Morgan fingerprint density at radius 3 is 3.00 bits per heavy atom. The highest BCUT2D eigenvalue weighted by Crippen LogP contribution is 2.25. The van der Waals surface area contributed by atoms with E-state index in [1.807, 2.05) is 0 Å². The van der Waals surface area contributed by atoms with Crippen LogP contribution in [0.3, 0.4) is 0 Å². The third-order valence-corrected chi connectivity index (χ3v) is 4.30. The summed E-state index contributed by atoms with van der Waals surface area (Å²) in [5.74, 6) is -0.315. The van der Waals surface area contributed by atoms with Crippen LogP contribution in [0.5, 0.6) is 0 Å². The molecule has 1 fully saturated rings. The Bertz CT molecular complexity index is 686. The lowest BCUT2D eigenvalue weighted by molar-refractivity contribution is -0.123. The quantitative estimate of drug-likeness (QED) is 0.888. The Morgan fingerprint density at radius 1 is 1.39 bits per heavy atom. The normalized spacial score (nSPS) is 21.3. The van der Waals surface area contributed by atoms with Gasteiger partial charge >= 0.3 is 0 Å². The third kappa shape index (κ3) is 3.76. The number of oxazole rings is 1. The fourth-order valence-corrected chi connectivity index (χ4v) is 3.09. The number of nitrogens with zero attached hydrogens (tertiary/aromatic N) is 1. The van der Waals surface area contributed by atoms with Crippen molar-refractivity contribution in [1.29, 1.82) is 0 Å². The molecule has 1 aromatic heterocycles. The molecule has 1 aromatic carbocycles. The van der Waals surface area contributed by atoms with Crippen molar-refractivity contribution in [1.82, 2.24) is 10.3 Å². The summed E-state index contributed by atoms with van der Waals surface area (Å²) in [4.78, 5) is 15.9. The molecule has 0 spiro atoms. The molecular weight excluding hydrogens is 297 g/mol. The Balaban J connectivity index is 1.64. The SMILES string of the molecule is NC(=O)[C@H]1CCCC[C@H]1NCc1coc(-c2cccc(F)c2)n1. The molecule has 23 heavy (non-hydrogen) atoms. The van der Waals surface area contributed by atoms with Gasteiger partial charge in [-0.1, -0.05) is 18.9 Å². The van der Waals surface area contributed by atoms with Crippen molar-refractivity contribution < 1.29 is 13.6 Å². The van der Waals surface area contributed by atoms with Crippen LogP contribution in [0.1, 0.15) is 31.4 Å². The summed E-state index contributed by atoms with van der Waals surface area (Å²) in [5, 5.41) is 3.35. The van der Waals surface area contributed by atoms with Crippen LogP contribution in [-0.2, 0) is 11.3 Å². The summed E-state index contributed by atoms with van der Waals surface area (Å²) in [6, 6.07) is 6.20. The van der Waals surface area contributed by atoms with Crippen LogP contribution < -0.4 is 11.1 Å². The molecule has 1 amide bonds. The van der Waals surface area contributed by atoms with E-state index in [0.717, 1.165) is 31.4 Å². The molecule has 2 aromatic rings. The molecule has 6 heteroatoms. The number of halogens is 1. The molecule has 0 unspecified atom stereocenters. The molecule has 122 valence electrons. The number of nitrogens with two attached hydrogens (primary N) is 1. The second-order valence-corrected chi connectivity index (χ2v) is 5.94. The molecule has 3 N–H and O–H groups in total. The first kappa shape index (κ1) is 15.7. The number of rotatable bonds is 5. The highest BCUT2D eigenvalue weighted by atomic mass is 19.1.